The second-order valence-electron chi connectivity index (χ2n) is 3.92. The van der Waals surface area contributed by atoms with E-state index in [2.05, 4.69) is 4.74 Å². The standard InChI is InChI=1S/C10H18N2O3/c1-7-4-3-5-9(13)12(7)6-8(11)10(14)15-2/h7-8H,3-6,11H2,1-2H3. The lowest BCUT2D eigenvalue weighted by molar-refractivity contribution is -0.144. The Hall–Kier alpha value is -1.10. The molecule has 1 saturated heterocycles. The molecule has 1 heterocycles. The van der Waals surface area contributed by atoms with E-state index in [1.54, 1.807) is 4.90 Å². The fourth-order valence-electron chi connectivity index (χ4n) is 1.81. The Morgan fingerprint density at radius 1 is 1.73 bits per heavy atom. The number of nitrogens with zero attached hydrogens (tertiary/aromatic N) is 1. The molecule has 1 aliphatic heterocycles. The van der Waals surface area contributed by atoms with Crippen molar-refractivity contribution in [1.82, 2.24) is 4.90 Å². The van der Waals surface area contributed by atoms with Crippen LogP contribution in [0.2, 0.25) is 0 Å². The van der Waals surface area contributed by atoms with Crippen molar-refractivity contribution >= 4 is 11.9 Å². The molecule has 2 unspecified atom stereocenters. The van der Waals surface area contributed by atoms with Crippen LogP contribution in [0.1, 0.15) is 26.2 Å². The first-order valence-electron chi connectivity index (χ1n) is 5.19. The number of carbonyl (C=O) groups excluding carboxylic acids is 2. The van der Waals surface area contributed by atoms with Crippen molar-refractivity contribution in [2.75, 3.05) is 13.7 Å². The summed E-state index contributed by atoms with van der Waals surface area (Å²) in [6.45, 7) is 2.23. The fraction of sp³-hybridized carbons (Fsp3) is 0.800. The van der Waals surface area contributed by atoms with Crippen LogP contribution in [0, 0.1) is 0 Å². The van der Waals surface area contributed by atoms with Gasteiger partial charge in [0.15, 0.2) is 0 Å². The Labute approximate surface area is 89.6 Å². The van der Waals surface area contributed by atoms with E-state index in [0.29, 0.717) is 6.42 Å². The first-order chi connectivity index (χ1) is 7.06. The van der Waals surface area contributed by atoms with Gasteiger partial charge < -0.3 is 15.4 Å². The molecule has 1 aliphatic rings. The third-order valence-electron chi connectivity index (χ3n) is 2.76. The number of hydrogen-bond acceptors (Lipinski definition) is 4. The van der Waals surface area contributed by atoms with Gasteiger partial charge in [0.25, 0.3) is 0 Å². The maximum Gasteiger partial charge on any atom is 0.324 e. The van der Waals surface area contributed by atoms with Crippen LogP contribution in [0.5, 0.6) is 0 Å². The van der Waals surface area contributed by atoms with E-state index in [1.807, 2.05) is 6.92 Å². The summed E-state index contributed by atoms with van der Waals surface area (Å²) in [5, 5.41) is 0. The monoisotopic (exact) mass is 214 g/mol. The zero-order valence-corrected chi connectivity index (χ0v) is 9.23. The predicted octanol–water partition coefficient (Wildman–Crippen LogP) is -0.112. The molecule has 0 aliphatic carbocycles. The number of hydrogen-bond donors (Lipinski definition) is 1. The van der Waals surface area contributed by atoms with E-state index in [0.717, 1.165) is 12.8 Å². The van der Waals surface area contributed by atoms with E-state index in [-0.39, 0.29) is 18.5 Å². The van der Waals surface area contributed by atoms with Crippen molar-refractivity contribution in [3.8, 4) is 0 Å². The third kappa shape index (κ3) is 2.92. The van der Waals surface area contributed by atoms with Gasteiger partial charge in [-0.3, -0.25) is 9.59 Å². The summed E-state index contributed by atoms with van der Waals surface area (Å²) in [6, 6.07) is -0.568. The van der Waals surface area contributed by atoms with Crippen molar-refractivity contribution in [3.05, 3.63) is 0 Å². The lowest BCUT2D eigenvalue weighted by Crippen LogP contribution is -2.50. The van der Waals surface area contributed by atoms with Gasteiger partial charge in [-0.1, -0.05) is 0 Å². The summed E-state index contributed by atoms with van der Waals surface area (Å²) >= 11 is 0. The van der Waals surface area contributed by atoms with Gasteiger partial charge in [0.1, 0.15) is 6.04 Å². The molecule has 0 aromatic rings. The highest BCUT2D eigenvalue weighted by molar-refractivity contribution is 5.80. The minimum Gasteiger partial charge on any atom is -0.468 e. The molecule has 0 saturated carbocycles. The number of carbonyl (C=O) groups is 2. The maximum atomic E-state index is 11.6. The van der Waals surface area contributed by atoms with Crippen LogP contribution >= 0.6 is 0 Å². The van der Waals surface area contributed by atoms with Crippen LogP contribution in [0.3, 0.4) is 0 Å². The van der Waals surface area contributed by atoms with E-state index in [1.165, 1.54) is 7.11 Å². The van der Waals surface area contributed by atoms with Gasteiger partial charge in [-0.15, -0.1) is 0 Å². The van der Waals surface area contributed by atoms with Gasteiger partial charge in [-0.05, 0) is 19.8 Å². The van der Waals surface area contributed by atoms with Gasteiger partial charge in [0.05, 0.1) is 7.11 Å². The predicted molar refractivity (Wildman–Crippen MR) is 55.0 cm³/mol. The normalized spacial score (nSPS) is 23.8. The number of amides is 1. The topological polar surface area (TPSA) is 72.6 Å². The third-order valence-corrected chi connectivity index (χ3v) is 2.76. The molecular weight excluding hydrogens is 196 g/mol. The van der Waals surface area contributed by atoms with Gasteiger partial charge in [0.2, 0.25) is 5.91 Å². The molecule has 0 bridgehead atoms. The zero-order chi connectivity index (χ0) is 11.4. The average Bonchev–Trinajstić information content (AvgIpc) is 2.22. The molecule has 1 rings (SSSR count). The largest absolute Gasteiger partial charge is 0.468 e. The van der Waals surface area contributed by atoms with E-state index in [9.17, 15) is 9.59 Å². The number of piperidine rings is 1. The van der Waals surface area contributed by atoms with Crippen molar-refractivity contribution < 1.29 is 14.3 Å². The molecule has 2 atom stereocenters. The Balaban J connectivity index is 2.54. The molecule has 2 N–H and O–H groups in total. The quantitative estimate of drug-likeness (QED) is 0.665. The van der Waals surface area contributed by atoms with Crippen LogP contribution in [-0.2, 0) is 14.3 Å². The van der Waals surface area contributed by atoms with Gasteiger partial charge in [0, 0.05) is 19.0 Å². The Morgan fingerprint density at radius 2 is 2.40 bits per heavy atom. The SMILES string of the molecule is COC(=O)C(N)CN1C(=O)CCCC1C. The highest BCUT2D eigenvalue weighted by Crippen LogP contribution is 2.17. The Kier molecular flexibility index (Phi) is 4.08. The number of rotatable bonds is 3. The second kappa shape index (κ2) is 5.11. The highest BCUT2D eigenvalue weighted by Gasteiger charge is 2.28. The summed E-state index contributed by atoms with van der Waals surface area (Å²) in [4.78, 5) is 24.4. The smallest absolute Gasteiger partial charge is 0.324 e. The molecule has 15 heavy (non-hydrogen) atoms. The van der Waals surface area contributed by atoms with Crippen LogP contribution in [0.25, 0.3) is 0 Å². The van der Waals surface area contributed by atoms with Gasteiger partial charge >= 0.3 is 5.97 Å². The van der Waals surface area contributed by atoms with Crippen molar-refractivity contribution in [1.29, 1.82) is 0 Å². The second-order valence-corrected chi connectivity index (χ2v) is 3.92. The molecule has 86 valence electrons. The highest BCUT2D eigenvalue weighted by atomic mass is 16.5. The van der Waals surface area contributed by atoms with E-state index in [4.69, 9.17) is 5.73 Å². The lowest BCUT2D eigenvalue weighted by Gasteiger charge is -2.34. The average molecular weight is 214 g/mol. The summed E-state index contributed by atoms with van der Waals surface area (Å²) in [5.74, 6) is -0.395. The number of nitrogens with two attached hydrogens (primary N) is 1. The summed E-state index contributed by atoms with van der Waals surface area (Å²) in [5.41, 5.74) is 5.61. The number of methoxy groups -OCH3 is 1. The first-order valence-corrected chi connectivity index (χ1v) is 5.19. The minimum atomic E-state index is -0.737. The van der Waals surface area contributed by atoms with Crippen molar-refractivity contribution in [2.24, 2.45) is 5.73 Å². The first kappa shape index (κ1) is 12.0. The fourth-order valence-corrected chi connectivity index (χ4v) is 1.81. The Morgan fingerprint density at radius 3 is 2.93 bits per heavy atom. The molecule has 0 spiro atoms. The number of ether oxygens (including phenoxy) is 1. The zero-order valence-electron chi connectivity index (χ0n) is 9.23. The van der Waals surface area contributed by atoms with E-state index < -0.39 is 12.0 Å². The molecular formula is C10H18N2O3. The molecule has 1 amide bonds. The van der Waals surface area contributed by atoms with Crippen molar-refractivity contribution in [3.63, 3.8) is 0 Å². The van der Waals surface area contributed by atoms with Crippen LogP contribution in [0.4, 0.5) is 0 Å². The molecule has 1 fully saturated rings. The maximum absolute atomic E-state index is 11.6. The molecule has 5 heteroatoms. The number of likely N-dealkylation sites (tertiary alicyclic amines) is 1. The van der Waals surface area contributed by atoms with Crippen LogP contribution in [0.15, 0.2) is 0 Å². The lowest BCUT2D eigenvalue weighted by atomic mass is 10.0. The van der Waals surface area contributed by atoms with E-state index >= 15 is 0 Å². The van der Waals surface area contributed by atoms with Gasteiger partial charge in [-0.25, -0.2) is 0 Å². The molecule has 0 radical (unpaired) electrons. The summed E-state index contributed by atoms with van der Waals surface area (Å²) in [7, 11) is 1.30. The van der Waals surface area contributed by atoms with Crippen LogP contribution in [-0.4, -0.2) is 42.5 Å². The Bertz CT molecular complexity index is 255. The van der Waals surface area contributed by atoms with Gasteiger partial charge in [-0.2, -0.15) is 0 Å². The van der Waals surface area contributed by atoms with Crippen LogP contribution < -0.4 is 5.73 Å². The summed E-state index contributed by atoms with van der Waals surface area (Å²) < 4.78 is 4.52. The minimum absolute atomic E-state index is 0.0769. The molecule has 5 nitrogen and oxygen atoms in total. The molecule has 0 aromatic carbocycles. The number of esters is 1. The molecule has 0 aromatic heterocycles. The van der Waals surface area contributed by atoms with Crippen molar-refractivity contribution in [2.45, 2.75) is 38.3 Å². The summed E-state index contributed by atoms with van der Waals surface area (Å²) in [6.07, 6.45) is 2.45.